The second-order valence-corrected chi connectivity index (χ2v) is 5.36. The van der Waals surface area contributed by atoms with Gasteiger partial charge in [-0.15, -0.1) is 0 Å². The number of rotatable bonds is 2. The molecule has 0 amide bonds. The maximum absolute atomic E-state index is 9.54. The number of fused-ring (bicyclic) bond motifs is 1. The summed E-state index contributed by atoms with van der Waals surface area (Å²) in [6.07, 6.45) is 6.65. The van der Waals surface area contributed by atoms with Crippen molar-refractivity contribution in [3.63, 3.8) is 0 Å². The Balaban J connectivity index is 2.15. The molecule has 20 heavy (non-hydrogen) atoms. The summed E-state index contributed by atoms with van der Waals surface area (Å²) >= 11 is 0. The van der Waals surface area contributed by atoms with Gasteiger partial charge < -0.3 is 5.21 Å². The molecule has 3 rings (SSSR count). The summed E-state index contributed by atoms with van der Waals surface area (Å²) in [6, 6.07) is 14.3. The van der Waals surface area contributed by atoms with Crippen LogP contribution >= 0.6 is 0 Å². The molecule has 0 heterocycles. The van der Waals surface area contributed by atoms with Crippen molar-refractivity contribution < 1.29 is 5.21 Å². The maximum Gasteiger partial charge on any atom is 0.114 e. The molecule has 0 aliphatic heterocycles. The highest BCUT2D eigenvalue weighted by Crippen LogP contribution is 2.29. The highest BCUT2D eigenvalue weighted by Gasteiger charge is 2.21. The van der Waals surface area contributed by atoms with Crippen LogP contribution in [0.2, 0.25) is 0 Å². The lowest BCUT2D eigenvalue weighted by molar-refractivity contribution is 0.318. The molecule has 101 valence electrons. The van der Waals surface area contributed by atoms with Gasteiger partial charge in [0.25, 0.3) is 0 Å². The van der Waals surface area contributed by atoms with Gasteiger partial charge in [0.1, 0.15) is 5.71 Å². The lowest BCUT2D eigenvalue weighted by Gasteiger charge is -2.21. The normalized spacial score (nSPS) is 19.9. The molecule has 2 nitrogen and oxygen atoms in total. The van der Waals surface area contributed by atoms with Crippen LogP contribution in [0.1, 0.15) is 31.7 Å². The first-order valence-corrected chi connectivity index (χ1v) is 7.12. The summed E-state index contributed by atoms with van der Waals surface area (Å²) in [7, 11) is 0. The molecule has 2 aromatic rings. The van der Waals surface area contributed by atoms with E-state index >= 15 is 0 Å². The van der Waals surface area contributed by atoms with E-state index in [1.165, 1.54) is 6.42 Å². The molecule has 1 radical (unpaired) electrons. The van der Waals surface area contributed by atoms with Crippen molar-refractivity contribution in [2.75, 3.05) is 0 Å². The van der Waals surface area contributed by atoms with Crippen LogP contribution in [0.25, 0.3) is 10.8 Å². The van der Waals surface area contributed by atoms with E-state index in [-0.39, 0.29) is 0 Å². The van der Waals surface area contributed by atoms with Crippen molar-refractivity contribution in [3.05, 3.63) is 59.7 Å². The predicted molar refractivity (Wildman–Crippen MR) is 82.0 cm³/mol. The van der Waals surface area contributed by atoms with Crippen LogP contribution in [0.5, 0.6) is 0 Å². The second-order valence-electron chi connectivity index (χ2n) is 5.36. The van der Waals surface area contributed by atoms with Crippen LogP contribution in [-0.2, 0) is 0 Å². The van der Waals surface area contributed by atoms with E-state index in [0.717, 1.165) is 34.8 Å². The molecule has 0 spiro atoms. The molecule has 1 N–H and O–H groups in total. The van der Waals surface area contributed by atoms with Gasteiger partial charge in [-0.2, -0.15) is 0 Å². The van der Waals surface area contributed by atoms with Crippen LogP contribution in [0.15, 0.2) is 53.2 Å². The predicted octanol–water partition coefficient (Wildman–Crippen LogP) is 4.57. The maximum atomic E-state index is 9.54. The fraction of sp³-hybridized carbons (Fsp3) is 0.278. The number of allylic oxidation sites excluding steroid dienone is 2. The van der Waals surface area contributed by atoms with Crippen LogP contribution in [0.3, 0.4) is 0 Å². The minimum atomic E-state index is 0.397. The van der Waals surface area contributed by atoms with Gasteiger partial charge in [-0.1, -0.05) is 54.5 Å². The number of hydrogen-bond acceptors (Lipinski definition) is 2. The number of benzene rings is 2. The monoisotopic (exact) mass is 264 g/mol. The fourth-order valence-electron chi connectivity index (χ4n) is 2.95. The number of hydrogen-bond donors (Lipinski definition) is 1. The molecule has 0 saturated heterocycles. The summed E-state index contributed by atoms with van der Waals surface area (Å²) < 4.78 is 0. The van der Waals surface area contributed by atoms with E-state index in [1.807, 2.05) is 24.3 Å². The van der Waals surface area contributed by atoms with Gasteiger partial charge in [-0.05, 0) is 47.6 Å². The molecule has 1 atom stereocenters. The second kappa shape index (κ2) is 5.49. The minimum absolute atomic E-state index is 0.397. The summed E-state index contributed by atoms with van der Waals surface area (Å²) in [6.45, 7) is 2.18. The zero-order valence-corrected chi connectivity index (χ0v) is 11.6. The van der Waals surface area contributed by atoms with Gasteiger partial charge in [0, 0.05) is 5.56 Å². The van der Waals surface area contributed by atoms with Gasteiger partial charge in [0.2, 0.25) is 0 Å². The molecule has 0 bridgehead atoms. The highest BCUT2D eigenvalue weighted by molar-refractivity contribution is 6.19. The molecular weight excluding hydrogens is 246 g/mol. The fourth-order valence-corrected chi connectivity index (χ4v) is 2.95. The standard InChI is InChI=1S/C18H18NO/c1-13-7-2-4-10-15(13)18(19-20)17-12-6-9-14-8-3-5-11-16(14)17/h3,5-6,8-9,11-13,20H,2,4,7H2,1H3. The molecular formula is C18H18NO. The smallest absolute Gasteiger partial charge is 0.114 e. The van der Waals surface area contributed by atoms with Crippen molar-refractivity contribution in [2.24, 2.45) is 11.1 Å². The largest absolute Gasteiger partial charge is 0.410 e. The van der Waals surface area contributed by atoms with E-state index in [0.29, 0.717) is 11.6 Å². The van der Waals surface area contributed by atoms with E-state index in [4.69, 9.17) is 0 Å². The first kappa shape index (κ1) is 12.9. The first-order chi connectivity index (χ1) is 9.81. The SMILES string of the molecule is CC1CCC[C]=C1C(=NO)c1cccc2ccccc12. The zero-order valence-electron chi connectivity index (χ0n) is 11.6. The third kappa shape index (κ3) is 2.22. The summed E-state index contributed by atoms with van der Waals surface area (Å²) in [4.78, 5) is 0. The molecule has 1 aliphatic rings. The van der Waals surface area contributed by atoms with Crippen LogP contribution in [-0.4, -0.2) is 10.9 Å². The van der Waals surface area contributed by atoms with Crippen LogP contribution in [0, 0.1) is 12.0 Å². The first-order valence-electron chi connectivity index (χ1n) is 7.12. The average molecular weight is 264 g/mol. The Morgan fingerprint density at radius 2 is 2.00 bits per heavy atom. The van der Waals surface area contributed by atoms with E-state index in [1.54, 1.807) is 0 Å². The van der Waals surface area contributed by atoms with E-state index in [2.05, 4.69) is 36.4 Å². The Bertz CT molecular complexity index is 679. The van der Waals surface area contributed by atoms with Gasteiger partial charge in [0.05, 0.1) is 0 Å². The van der Waals surface area contributed by atoms with Crippen molar-refractivity contribution >= 4 is 16.5 Å². The summed E-state index contributed by atoms with van der Waals surface area (Å²) in [5.41, 5.74) is 2.71. The zero-order chi connectivity index (χ0) is 13.9. The molecule has 0 fully saturated rings. The van der Waals surface area contributed by atoms with Crippen LogP contribution in [0.4, 0.5) is 0 Å². The lowest BCUT2D eigenvalue weighted by atomic mass is 9.83. The van der Waals surface area contributed by atoms with Crippen LogP contribution < -0.4 is 0 Å². The van der Waals surface area contributed by atoms with Crippen molar-refractivity contribution in [1.82, 2.24) is 0 Å². The van der Waals surface area contributed by atoms with Crippen molar-refractivity contribution in [3.8, 4) is 0 Å². The summed E-state index contributed by atoms with van der Waals surface area (Å²) in [5, 5.41) is 15.4. The van der Waals surface area contributed by atoms with Gasteiger partial charge in [0.15, 0.2) is 0 Å². The Hall–Kier alpha value is -2.09. The third-order valence-corrected chi connectivity index (χ3v) is 4.02. The summed E-state index contributed by atoms with van der Waals surface area (Å²) in [5.74, 6) is 0.397. The highest BCUT2D eigenvalue weighted by atomic mass is 16.4. The van der Waals surface area contributed by atoms with E-state index < -0.39 is 0 Å². The average Bonchev–Trinajstić information content (AvgIpc) is 2.50. The molecule has 0 saturated carbocycles. The Kier molecular flexibility index (Phi) is 3.55. The molecule has 2 aromatic carbocycles. The quantitative estimate of drug-likeness (QED) is 0.481. The molecule has 0 aromatic heterocycles. The van der Waals surface area contributed by atoms with Gasteiger partial charge in [-0.3, -0.25) is 0 Å². The van der Waals surface area contributed by atoms with Gasteiger partial charge >= 0.3 is 0 Å². The lowest BCUT2D eigenvalue weighted by Crippen LogP contribution is -2.16. The van der Waals surface area contributed by atoms with Crippen molar-refractivity contribution in [2.45, 2.75) is 26.2 Å². The Morgan fingerprint density at radius 3 is 2.80 bits per heavy atom. The van der Waals surface area contributed by atoms with Gasteiger partial charge in [-0.25, -0.2) is 0 Å². The van der Waals surface area contributed by atoms with E-state index in [9.17, 15) is 5.21 Å². The molecule has 1 unspecified atom stereocenters. The number of nitrogens with zero attached hydrogens (tertiary/aromatic N) is 1. The Labute approximate surface area is 119 Å². The molecule has 2 heteroatoms. The Morgan fingerprint density at radius 1 is 1.20 bits per heavy atom. The molecule has 1 aliphatic carbocycles. The third-order valence-electron chi connectivity index (χ3n) is 4.02. The topological polar surface area (TPSA) is 32.6 Å². The van der Waals surface area contributed by atoms with Crippen molar-refractivity contribution in [1.29, 1.82) is 0 Å². The minimum Gasteiger partial charge on any atom is -0.410 e. The number of oxime groups is 1.